The van der Waals surface area contributed by atoms with Crippen molar-refractivity contribution in [2.45, 2.75) is 142 Å². The topological polar surface area (TPSA) is 380 Å². The quantitative estimate of drug-likeness (QED) is 0.0649. The fraction of sp³-hybridized carbons (Fsp3) is 0.966. The predicted molar refractivity (Wildman–Crippen MR) is 161 cm³/mol. The minimum absolute atomic E-state index is 0.151. The van der Waals surface area contributed by atoms with E-state index in [1.165, 1.54) is 0 Å². The lowest BCUT2D eigenvalue weighted by atomic mass is 9.95. The van der Waals surface area contributed by atoms with Crippen molar-refractivity contribution in [3.63, 3.8) is 0 Å². The van der Waals surface area contributed by atoms with Crippen molar-refractivity contribution in [3.8, 4) is 0 Å². The number of aliphatic hydroxyl groups is 12. The Morgan fingerprint density at radius 3 is 1.29 bits per heavy atom. The van der Waals surface area contributed by atoms with Crippen LogP contribution in [0.4, 0.5) is 0 Å². The summed E-state index contributed by atoms with van der Waals surface area (Å²) in [6.07, 6.45) is -34.4. The standard InChI is InChI=1S/C29H51NO22/c30-4-2-1-3-5-45-26-18(40)14(36)21(9(6-31)46-26)49-27-19(41)15(37)22(10(7-32)47-27)50-28-20(42)16(38)23(11(8-33)48-28)51-29-17(39)12(34)13(35)24(52-29)25(43)44/h9-24,26-29,31-42H,1-8,30H2,(H,43,44)/t9?,10?,11?,12-,13-,14+,15+,16+,17?,18?,19?,20?,21-,22+,23+,24?,26-,27+,28-,29+/m0/s1. The molecule has 4 saturated heterocycles. The smallest absolute Gasteiger partial charge is 0.335 e. The maximum absolute atomic E-state index is 11.4. The molecule has 4 fully saturated rings. The molecule has 4 aliphatic heterocycles. The molecule has 23 nitrogen and oxygen atoms in total. The average molecular weight is 766 g/mol. The highest BCUT2D eigenvalue weighted by Gasteiger charge is 2.55. The summed E-state index contributed by atoms with van der Waals surface area (Å²) in [5, 5.41) is 135. The van der Waals surface area contributed by atoms with E-state index >= 15 is 0 Å². The second-order valence-corrected chi connectivity index (χ2v) is 12.9. The third-order valence-electron chi connectivity index (χ3n) is 9.28. The van der Waals surface area contributed by atoms with Gasteiger partial charge in [-0.1, -0.05) is 0 Å². The molecule has 0 spiro atoms. The van der Waals surface area contributed by atoms with Gasteiger partial charge in [-0.2, -0.15) is 0 Å². The number of hydrogen-bond acceptors (Lipinski definition) is 22. The van der Waals surface area contributed by atoms with Crippen LogP contribution in [0.5, 0.6) is 0 Å². The zero-order valence-electron chi connectivity index (χ0n) is 27.8. The van der Waals surface area contributed by atoms with Crippen molar-refractivity contribution >= 4 is 5.97 Å². The minimum atomic E-state index is -2.09. The van der Waals surface area contributed by atoms with Crippen molar-refractivity contribution < 1.29 is 109 Å². The molecule has 15 N–H and O–H groups in total. The van der Waals surface area contributed by atoms with Gasteiger partial charge in [0.1, 0.15) is 91.6 Å². The molecule has 0 amide bonds. The van der Waals surface area contributed by atoms with Crippen LogP contribution in [0, 0.1) is 0 Å². The number of aliphatic carboxylic acids is 1. The molecule has 23 heteroatoms. The second-order valence-electron chi connectivity index (χ2n) is 12.9. The molecule has 4 rings (SSSR count). The van der Waals surface area contributed by atoms with Crippen LogP contribution in [0.15, 0.2) is 0 Å². The summed E-state index contributed by atoms with van der Waals surface area (Å²) in [6, 6.07) is 0. The summed E-state index contributed by atoms with van der Waals surface area (Å²) >= 11 is 0. The van der Waals surface area contributed by atoms with Gasteiger partial charge in [0.05, 0.1) is 19.8 Å². The third-order valence-corrected chi connectivity index (χ3v) is 9.28. The lowest BCUT2D eigenvalue weighted by Gasteiger charge is -2.49. The van der Waals surface area contributed by atoms with E-state index in [-0.39, 0.29) is 6.61 Å². The SMILES string of the molecule is NCCCCCO[C@H]1OC(CO)[C@H](O[C@H]2OC(CO)[C@@H](O[C@@H]3OC(CO)[C@@H](O[C@@H]4OC(C(=O)O)[C@@H](O)[C@H](O)C4O)[C@H](O)C3O)[C@H](O)C2O)[C@H](O)C1O. The van der Waals surface area contributed by atoms with E-state index in [2.05, 4.69) is 0 Å². The van der Waals surface area contributed by atoms with E-state index < -0.39 is 149 Å². The first-order valence-corrected chi connectivity index (χ1v) is 16.8. The zero-order chi connectivity index (χ0) is 38.4. The molecule has 8 unspecified atom stereocenters. The van der Waals surface area contributed by atoms with Gasteiger partial charge in [0.25, 0.3) is 0 Å². The van der Waals surface area contributed by atoms with Crippen LogP contribution in [-0.2, 0) is 42.7 Å². The van der Waals surface area contributed by atoms with Gasteiger partial charge in [0, 0.05) is 6.61 Å². The maximum atomic E-state index is 11.4. The van der Waals surface area contributed by atoms with Gasteiger partial charge in [-0.25, -0.2) is 4.79 Å². The summed E-state index contributed by atoms with van der Waals surface area (Å²) in [6.45, 7) is -1.98. The van der Waals surface area contributed by atoms with E-state index in [1.807, 2.05) is 0 Å². The van der Waals surface area contributed by atoms with Crippen molar-refractivity contribution in [3.05, 3.63) is 0 Å². The van der Waals surface area contributed by atoms with E-state index in [0.29, 0.717) is 13.0 Å². The first kappa shape index (κ1) is 43.4. The zero-order valence-corrected chi connectivity index (χ0v) is 27.8. The second kappa shape index (κ2) is 19.5. The Morgan fingerprint density at radius 2 is 0.885 bits per heavy atom. The number of aliphatic hydroxyl groups excluding tert-OH is 12. The van der Waals surface area contributed by atoms with Crippen molar-refractivity contribution in [2.75, 3.05) is 33.0 Å². The van der Waals surface area contributed by atoms with E-state index in [9.17, 15) is 71.2 Å². The molecule has 0 bridgehead atoms. The number of hydrogen-bond donors (Lipinski definition) is 14. The third kappa shape index (κ3) is 9.52. The lowest BCUT2D eigenvalue weighted by Crippen LogP contribution is -2.67. The number of carboxylic acids is 1. The molecule has 20 atom stereocenters. The van der Waals surface area contributed by atoms with Crippen LogP contribution in [0.3, 0.4) is 0 Å². The summed E-state index contributed by atoms with van der Waals surface area (Å²) in [7, 11) is 0. The van der Waals surface area contributed by atoms with Gasteiger partial charge in [-0.15, -0.1) is 0 Å². The molecule has 0 radical (unpaired) electrons. The van der Waals surface area contributed by atoms with Crippen LogP contribution in [0.2, 0.25) is 0 Å². The number of ether oxygens (including phenoxy) is 8. The molecule has 4 heterocycles. The van der Waals surface area contributed by atoms with Crippen LogP contribution in [-0.4, -0.2) is 228 Å². The lowest BCUT2D eigenvalue weighted by molar-refractivity contribution is -0.387. The highest BCUT2D eigenvalue weighted by Crippen LogP contribution is 2.34. The van der Waals surface area contributed by atoms with Crippen molar-refractivity contribution in [2.24, 2.45) is 5.73 Å². The monoisotopic (exact) mass is 765 g/mol. The Morgan fingerprint density at radius 1 is 0.500 bits per heavy atom. The van der Waals surface area contributed by atoms with Crippen molar-refractivity contribution in [1.82, 2.24) is 0 Å². The van der Waals surface area contributed by atoms with Gasteiger partial charge < -0.3 is 110 Å². The van der Waals surface area contributed by atoms with Gasteiger partial charge in [-0.3, -0.25) is 0 Å². The summed E-state index contributed by atoms with van der Waals surface area (Å²) in [5.74, 6) is -1.72. The van der Waals surface area contributed by atoms with Gasteiger partial charge in [0.15, 0.2) is 31.3 Å². The Hall–Kier alpha value is -1.37. The highest BCUT2D eigenvalue weighted by molar-refractivity contribution is 5.73. The Bertz CT molecular complexity index is 1090. The molecule has 0 saturated carbocycles. The Kier molecular flexibility index (Phi) is 16.2. The fourth-order valence-corrected chi connectivity index (χ4v) is 6.28. The molecule has 304 valence electrons. The summed E-state index contributed by atoms with van der Waals surface area (Å²) in [4.78, 5) is 11.4. The first-order chi connectivity index (χ1) is 24.7. The van der Waals surface area contributed by atoms with Crippen LogP contribution in [0.1, 0.15) is 19.3 Å². The molecular formula is C29H51NO22. The fourth-order valence-electron chi connectivity index (χ4n) is 6.28. The maximum Gasteiger partial charge on any atom is 0.335 e. The van der Waals surface area contributed by atoms with Gasteiger partial charge in [0.2, 0.25) is 0 Å². The van der Waals surface area contributed by atoms with Crippen molar-refractivity contribution in [1.29, 1.82) is 0 Å². The highest BCUT2D eigenvalue weighted by atomic mass is 16.8. The van der Waals surface area contributed by atoms with Crippen LogP contribution in [0.25, 0.3) is 0 Å². The summed E-state index contributed by atoms with van der Waals surface area (Å²) in [5.41, 5.74) is 5.46. The first-order valence-electron chi connectivity index (χ1n) is 16.8. The molecule has 52 heavy (non-hydrogen) atoms. The molecule has 0 aromatic rings. The molecule has 0 aliphatic carbocycles. The van der Waals surface area contributed by atoms with Gasteiger partial charge >= 0.3 is 5.97 Å². The molecular weight excluding hydrogens is 714 g/mol. The van der Waals surface area contributed by atoms with Crippen LogP contribution < -0.4 is 5.73 Å². The molecule has 4 aliphatic rings. The van der Waals surface area contributed by atoms with Gasteiger partial charge in [-0.05, 0) is 25.8 Å². The Labute approximate surface area is 296 Å². The number of rotatable bonds is 16. The molecule has 0 aromatic heterocycles. The average Bonchev–Trinajstić information content (AvgIpc) is 3.13. The predicted octanol–water partition coefficient (Wildman–Crippen LogP) is -8.50. The van der Waals surface area contributed by atoms with Crippen LogP contribution >= 0.6 is 0 Å². The molecule has 0 aromatic carbocycles. The largest absolute Gasteiger partial charge is 0.479 e. The number of unbranched alkanes of at least 4 members (excludes halogenated alkanes) is 2. The normalized spacial score (nSPS) is 47.3. The number of nitrogens with two attached hydrogens (primary N) is 1. The number of carbonyl (C=O) groups is 1. The van der Waals surface area contributed by atoms with E-state index in [1.54, 1.807) is 0 Å². The van der Waals surface area contributed by atoms with E-state index in [0.717, 1.165) is 12.8 Å². The number of carboxylic acid groups (broad SMARTS) is 1. The minimum Gasteiger partial charge on any atom is -0.479 e. The van der Waals surface area contributed by atoms with E-state index in [4.69, 9.17) is 43.6 Å². The summed E-state index contributed by atoms with van der Waals surface area (Å²) < 4.78 is 43.9. The Balaban J connectivity index is 1.39.